The first-order valence-corrected chi connectivity index (χ1v) is 18.6. The van der Waals surface area contributed by atoms with Crippen molar-refractivity contribution in [2.75, 3.05) is 0 Å². The van der Waals surface area contributed by atoms with E-state index < -0.39 is 0 Å². The molecule has 3 aliphatic rings. The van der Waals surface area contributed by atoms with Gasteiger partial charge >= 0.3 is 0 Å². The Morgan fingerprint density at radius 1 is 0.590 bits per heavy atom. The van der Waals surface area contributed by atoms with E-state index >= 15 is 0 Å². The van der Waals surface area contributed by atoms with Crippen LogP contribution in [0.15, 0.2) is 5.10 Å². The van der Waals surface area contributed by atoms with E-state index in [4.69, 9.17) is 5.10 Å². The van der Waals surface area contributed by atoms with Crippen molar-refractivity contribution in [1.82, 2.24) is 5.01 Å². The average molecular weight is 543 g/mol. The second-order valence-electron chi connectivity index (χ2n) is 14.3. The molecule has 228 valence electrons. The molecule has 1 aliphatic heterocycles. The van der Waals surface area contributed by atoms with Crippen LogP contribution >= 0.6 is 0 Å². The van der Waals surface area contributed by atoms with Gasteiger partial charge in [-0.2, -0.15) is 5.10 Å². The van der Waals surface area contributed by atoms with Crippen LogP contribution in [0.5, 0.6) is 0 Å². The molecule has 2 atom stereocenters. The van der Waals surface area contributed by atoms with Gasteiger partial charge in [0.2, 0.25) is 0 Å². The number of hydrogen-bond donors (Lipinski definition) is 0. The zero-order valence-corrected chi connectivity index (χ0v) is 27.1. The summed E-state index contributed by atoms with van der Waals surface area (Å²) in [6, 6.07) is 1.32. The summed E-state index contributed by atoms with van der Waals surface area (Å²) in [5.74, 6) is 0.729. The monoisotopic (exact) mass is 543 g/mol. The molecule has 0 aromatic rings. The second kappa shape index (κ2) is 19.6. The summed E-state index contributed by atoms with van der Waals surface area (Å²) in [5, 5.41) is 8.69. The van der Waals surface area contributed by atoms with E-state index in [0.29, 0.717) is 12.1 Å². The Hall–Kier alpha value is -0.530. The van der Waals surface area contributed by atoms with Crippen LogP contribution in [0.1, 0.15) is 207 Å². The summed E-state index contributed by atoms with van der Waals surface area (Å²) in [7, 11) is 0. The molecule has 0 aromatic heterocycles. The van der Waals surface area contributed by atoms with Gasteiger partial charge in [-0.25, -0.2) is 0 Å². The molecule has 0 radical (unpaired) electrons. The fraction of sp³-hybridized carbons (Fsp3) is 0.973. The first-order chi connectivity index (χ1) is 19.2. The van der Waals surface area contributed by atoms with Gasteiger partial charge in [-0.05, 0) is 44.4 Å². The highest BCUT2D eigenvalue weighted by Gasteiger charge is 2.49. The van der Waals surface area contributed by atoms with E-state index in [1.165, 1.54) is 186 Å². The summed E-state index contributed by atoms with van der Waals surface area (Å²) < 4.78 is 0. The normalized spacial score (nSPS) is 28.9. The highest BCUT2D eigenvalue weighted by molar-refractivity contribution is 5.94. The molecule has 1 heterocycles. The van der Waals surface area contributed by atoms with Gasteiger partial charge in [-0.3, -0.25) is 5.01 Å². The maximum atomic E-state index is 5.87. The summed E-state index contributed by atoms with van der Waals surface area (Å²) in [4.78, 5) is 0. The van der Waals surface area contributed by atoms with Crippen molar-refractivity contribution in [3.63, 3.8) is 0 Å². The molecule has 0 amide bonds. The van der Waals surface area contributed by atoms with Crippen LogP contribution in [0, 0.1) is 11.3 Å². The zero-order valence-electron chi connectivity index (χ0n) is 27.1. The predicted molar refractivity (Wildman–Crippen MR) is 174 cm³/mol. The van der Waals surface area contributed by atoms with Crippen molar-refractivity contribution in [3.05, 3.63) is 0 Å². The SMILES string of the molecule is CCCCCC1N(C2CCCCCCCCCCC2)N=C(C2CCCCCCCCCCCC2)C1(C)CCC. The first-order valence-electron chi connectivity index (χ1n) is 18.6. The molecular weight excluding hydrogens is 472 g/mol. The largest absolute Gasteiger partial charge is 0.290 e. The lowest BCUT2D eigenvalue weighted by Crippen LogP contribution is -2.46. The number of hydrogen-bond acceptors (Lipinski definition) is 2. The fourth-order valence-corrected chi connectivity index (χ4v) is 8.53. The maximum Gasteiger partial charge on any atom is 0.0580 e. The maximum absolute atomic E-state index is 5.87. The third-order valence-corrected chi connectivity index (χ3v) is 10.9. The van der Waals surface area contributed by atoms with Crippen LogP contribution in [0.4, 0.5) is 0 Å². The van der Waals surface area contributed by atoms with Crippen LogP contribution in [0.3, 0.4) is 0 Å². The highest BCUT2D eigenvalue weighted by Crippen LogP contribution is 2.47. The molecule has 2 saturated carbocycles. The summed E-state index contributed by atoms with van der Waals surface area (Å²) >= 11 is 0. The molecule has 0 N–H and O–H groups in total. The Labute approximate surface area is 245 Å². The summed E-state index contributed by atoms with van der Waals surface area (Å²) in [5.41, 5.74) is 1.96. The Balaban J connectivity index is 1.86. The third kappa shape index (κ3) is 11.0. The molecule has 2 nitrogen and oxygen atoms in total. The molecule has 2 fully saturated rings. The average Bonchev–Trinajstić information content (AvgIpc) is 3.21. The van der Waals surface area contributed by atoms with Crippen molar-refractivity contribution in [2.24, 2.45) is 16.4 Å². The molecule has 2 heteroatoms. The second-order valence-corrected chi connectivity index (χ2v) is 14.3. The van der Waals surface area contributed by atoms with Crippen molar-refractivity contribution in [3.8, 4) is 0 Å². The topological polar surface area (TPSA) is 15.6 Å². The minimum atomic E-state index is 0.283. The minimum absolute atomic E-state index is 0.283. The lowest BCUT2D eigenvalue weighted by Gasteiger charge is -2.41. The smallest absolute Gasteiger partial charge is 0.0580 e. The minimum Gasteiger partial charge on any atom is -0.290 e. The van der Waals surface area contributed by atoms with E-state index in [9.17, 15) is 0 Å². The zero-order chi connectivity index (χ0) is 27.6. The Bertz CT molecular complexity index is 615. The molecule has 0 spiro atoms. The van der Waals surface area contributed by atoms with Gasteiger partial charge in [0.05, 0.1) is 6.04 Å². The molecule has 2 unspecified atom stereocenters. The number of rotatable bonds is 8. The molecule has 3 rings (SSSR count). The van der Waals surface area contributed by atoms with Crippen molar-refractivity contribution < 1.29 is 0 Å². The van der Waals surface area contributed by atoms with Crippen LogP contribution in [-0.2, 0) is 0 Å². The number of hydrazone groups is 1. The number of nitrogens with zero attached hydrogens (tertiary/aromatic N) is 2. The van der Waals surface area contributed by atoms with Crippen molar-refractivity contribution in [2.45, 2.75) is 219 Å². The van der Waals surface area contributed by atoms with Crippen LogP contribution in [0.2, 0.25) is 0 Å². The molecule has 39 heavy (non-hydrogen) atoms. The van der Waals surface area contributed by atoms with Gasteiger partial charge in [-0.15, -0.1) is 0 Å². The number of unbranched alkanes of at least 4 members (excludes halogenated alkanes) is 2. The van der Waals surface area contributed by atoms with Crippen molar-refractivity contribution >= 4 is 5.71 Å². The third-order valence-electron chi connectivity index (χ3n) is 10.9. The quantitative estimate of drug-likeness (QED) is 0.278. The van der Waals surface area contributed by atoms with Crippen LogP contribution in [-0.4, -0.2) is 22.8 Å². The lowest BCUT2D eigenvalue weighted by atomic mass is 9.68. The van der Waals surface area contributed by atoms with Crippen LogP contribution < -0.4 is 0 Å². The van der Waals surface area contributed by atoms with E-state index in [1.54, 1.807) is 5.71 Å². The van der Waals surface area contributed by atoms with Gasteiger partial charge < -0.3 is 0 Å². The Kier molecular flexibility index (Phi) is 16.5. The molecule has 0 saturated heterocycles. The molecule has 0 bridgehead atoms. The van der Waals surface area contributed by atoms with Crippen molar-refractivity contribution in [1.29, 1.82) is 0 Å². The van der Waals surface area contributed by atoms with Gasteiger partial charge in [-0.1, -0.05) is 168 Å². The highest BCUT2D eigenvalue weighted by atomic mass is 15.5. The van der Waals surface area contributed by atoms with Gasteiger partial charge in [0, 0.05) is 17.2 Å². The molecule has 2 aliphatic carbocycles. The van der Waals surface area contributed by atoms with E-state index in [0.717, 1.165) is 5.92 Å². The summed E-state index contributed by atoms with van der Waals surface area (Å²) in [6.45, 7) is 7.50. The Morgan fingerprint density at radius 3 is 1.46 bits per heavy atom. The van der Waals surface area contributed by atoms with Gasteiger partial charge in [0.1, 0.15) is 0 Å². The molecular formula is C37H70N2. The Morgan fingerprint density at radius 2 is 1.03 bits per heavy atom. The van der Waals surface area contributed by atoms with Gasteiger partial charge in [0.15, 0.2) is 0 Å². The molecule has 0 aromatic carbocycles. The van der Waals surface area contributed by atoms with Gasteiger partial charge in [0.25, 0.3) is 0 Å². The standard InChI is InChI=1S/C37H70N2/c1-4-6-22-31-35-37(3,32-5-2)36(33-27-23-18-14-10-7-8-11-15-19-24-28-33)38-39(35)34-29-25-20-16-12-9-13-17-21-26-30-34/h33-35H,4-32H2,1-3H3. The fourth-order valence-electron chi connectivity index (χ4n) is 8.53. The van der Waals surface area contributed by atoms with E-state index in [2.05, 4.69) is 25.8 Å². The summed E-state index contributed by atoms with van der Waals surface area (Å²) in [6.07, 6.45) is 41.2. The first kappa shape index (κ1) is 33.0. The van der Waals surface area contributed by atoms with E-state index in [-0.39, 0.29) is 5.41 Å². The predicted octanol–water partition coefficient (Wildman–Crippen LogP) is 12.4. The van der Waals surface area contributed by atoms with E-state index in [1.807, 2.05) is 0 Å². The van der Waals surface area contributed by atoms with Crippen LogP contribution in [0.25, 0.3) is 0 Å². The lowest BCUT2D eigenvalue weighted by molar-refractivity contribution is 0.0777.